The summed E-state index contributed by atoms with van der Waals surface area (Å²) in [7, 11) is 3.64. The highest BCUT2D eigenvalue weighted by Crippen LogP contribution is 2.36. The van der Waals surface area contributed by atoms with Crippen molar-refractivity contribution >= 4 is 28.9 Å². The molecule has 5 rings (SSSR count). The first-order chi connectivity index (χ1) is 15.9. The van der Waals surface area contributed by atoms with Crippen LogP contribution in [-0.2, 0) is 13.7 Å². The van der Waals surface area contributed by atoms with Crippen LogP contribution in [0.25, 0.3) is 11.1 Å². The van der Waals surface area contributed by atoms with Crippen molar-refractivity contribution in [2.45, 2.75) is 12.6 Å². The predicted molar refractivity (Wildman–Crippen MR) is 128 cm³/mol. The van der Waals surface area contributed by atoms with Crippen LogP contribution in [-0.4, -0.2) is 28.3 Å². The summed E-state index contributed by atoms with van der Waals surface area (Å²) < 4.78 is 9.64. The van der Waals surface area contributed by atoms with Gasteiger partial charge in [0.15, 0.2) is 10.5 Å². The number of aromatic nitrogens is 3. The number of fused-ring (bicyclic) bond motifs is 1. The standard InChI is InChI=1S/C24H21ClN4O3S/c1-27-13-18(19-12-26-23(25)33-19)29-22(31)20(21(30)28(2)24(27)29)16-8-10-17(11-9-16)32-14-15-6-4-3-5-7-15/h3-12,18H,13-14H2,1-2H3/p+1. The molecular formula is C24H22ClN4O3S+. The SMILES string of the molecule is CN1CC(c2cnc(Cl)s2)n2c1[n+](C)c(O)c(-c1ccc(OCc3ccccc3)cc1)c2=O. The van der Waals surface area contributed by atoms with Gasteiger partial charge in [0.2, 0.25) is 0 Å². The average molecular weight is 482 g/mol. The summed E-state index contributed by atoms with van der Waals surface area (Å²) in [5.41, 5.74) is 1.66. The third kappa shape index (κ3) is 3.85. The maximum absolute atomic E-state index is 13.6. The van der Waals surface area contributed by atoms with Crippen molar-refractivity contribution in [3.63, 3.8) is 0 Å². The zero-order valence-corrected chi connectivity index (χ0v) is 19.7. The van der Waals surface area contributed by atoms with E-state index in [0.717, 1.165) is 10.4 Å². The van der Waals surface area contributed by atoms with Crippen LogP contribution in [0.15, 0.2) is 65.6 Å². The number of halogens is 1. The largest absolute Gasteiger partial charge is 0.489 e. The molecule has 2 aromatic heterocycles. The highest BCUT2D eigenvalue weighted by atomic mass is 35.5. The Labute approximate surface area is 199 Å². The van der Waals surface area contributed by atoms with Gasteiger partial charge in [-0.05, 0) is 23.3 Å². The van der Waals surface area contributed by atoms with Gasteiger partial charge in [-0.15, -0.1) is 11.3 Å². The van der Waals surface area contributed by atoms with Crippen LogP contribution in [0.1, 0.15) is 16.5 Å². The van der Waals surface area contributed by atoms with Crippen molar-refractivity contribution in [1.82, 2.24) is 9.55 Å². The zero-order valence-electron chi connectivity index (χ0n) is 18.1. The second-order valence-corrected chi connectivity index (χ2v) is 9.59. The number of likely N-dealkylation sites (N-methyl/N-ethyl adjacent to an activating group) is 1. The number of rotatable bonds is 5. The van der Waals surface area contributed by atoms with Crippen molar-refractivity contribution in [2.24, 2.45) is 7.05 Å². The summed E-state index contributed by atoms with van der Waals surface area (Å²) >= 11 is 7.41. The molecule has 0 amide bonds. The van der Waals surface area contributed by atoms with Crippen molar-refractivity contribution in [3.8, 4) is 22.8 Å². The lowest BCUT2D eigenvalue weighted by molar-refractivity contribution is -0.668. The molecule has 2 aromatic carbocycles. The minimum atomic E-state index is -0.266. The summed E-state index contributed by atoms with van der Waals surface area (Å²) in [4.78, 5) is 20.6. The fourth-order valence-electron chi connectivity index (χ4n) is 4.22. The Morgan fingerprint density at radius 2 is 1.94 bits per heavy atom. The van der Waals surface area contributed by atoms with E-state index in [1.165, 1.54) is 11.3 Å². The summed E-state index contributed by atoms with van der Waals surface area (Å²) in [5.74, 6) is 1.22. The minimum Gasteiger partial charge on any atom is -0.489 e. The first-order valence-corrected chi connectivity index (χ1v) is 11.6. The molecule has 7 nitrogen and oxygen atoms in total. The van der Waals surface area contributed by atoms with Crippen LogP contribution in [0.3, 0.4) is 0 Å². The summed E-state index contributed by atoms with van der Waals surface area (Å²) in [6.45, 7) is 1.03. The van der Waals surface area contributed by atoms with Gasteiger partial charge in [0.1, 0.15) is 24.5 Å². The Bertz CT molecular complexity index is 1370. The van der Waals surface area contributed by atoms with E-state index in [1.807, 2.05) is 54.4 Å². The Balaban J connectivity index is 1.51. The zero-order chi connectivity index (χ0) is 23.1. The van der Waals surface area contributed by atoms with Gasteiger partial charge in [0.05, 0.1) is 19.0 Å². The molecule has 1 aliphatic rings. The molecular weight excluding hydrogens is 460 g/mol. The Hall–Kier alpha value is -3.36. The molecule has 0 bridgehead atoms. The summed E-state index contributed by atoms with van der Waals surface area (Å²) in [5, 5.41) is 11.0. The number of ether oxygens (including phenoxy) is 1. The number of nitrogens with zero attached hydrogens (tertiary/aromatic N) is 4. The fraction of sp³-hybridized carbons (Fsp3) is 0.208. The molecule has 1 atom stereocenters. The van der Waals surface area contributed by atoms with E-state index in [1.54, 1.807) is 34.5 Å². The van der Waals surface area contributed by atoms with E-state index >= 15 is 0 Å². The van der Waals surface area contributed by atoms with Gasteiger partial charge in [-0.25, -0.2) is 14.3 Å². The van der Waals surface area contributed by atoms with Crippen molar-refractivity contribution < 1.29 is 14.4 Å². The molecule has 0 saturated heterocycles. The molecule has 0 fully saturated rings. The van der Waals surface area contributed by atoms with E-state index in [-0.39, 0.29) is 23.0 Å². The smallest absolute Gasteiger partial charge is 0.365 e. The monoisotopic (exact) mass is 481 g/mol. The molecule has 3 heterocycles. The van der Waals surface area contributed by atoms with Crippen LogP contribution < -0.4 is 19.8 Å². The van der Waals surface area contributed by atoms with Crippen molar-refractivity contribution in [3.05, 3.63) is 86.1 Å². The highest BCUT2D eigenvalue weighted by molar-refractivity contribution is 7.15. The van der Waals surface area contributed by atoms with E-state index in [0.29, 0.717) is 34.9 Å². The average Bonchev–Trinajstić information content (AvgIpc) is 3.41. The number of thiazole rings is 1. The molecule has 168 valence electrons. The maximum atomic E-state index is 13.6. The van der Waals surface area contributed by atoms with Crippen molar-refractivity contribution in [1.29, 1.82) is 0 Å². The number of hydrogen-bond donors (Lipinski definition) is 1. The fourth-order valence-corrected chi connectivity index (χ4v) is 5.26. The van der Waals surface area contributed by atoms with Gasteiger partial charge in [0, 0.05) is 6.20 Å². The Kier molecular flexibility index (Phi) is 5.55. The quantitative estimate of drug-likeness (QED) is 0.439. The summed E-state index contributed by atoms with van der Waals surface area (Å²) in [6, 6.07) is 16.9. The van der Waals surface area contributed by atoms with Crippen LogP contribution in [0.2, 0.25) is 4.47 Å². The lowest BCUT2D eigenvalue weighted by Gasteiger charge is -2.13. The lowest BCUT2D eigenvalue weighted by atomic mass is 10.1. The second-order valence-electron chi connectivity index (χ2n) is 7.94. The molecule has 0 radical (unpaired) electrons. The van der Waals surface area contributed by atoms with Gasteiger partial charge >= 0.3 is 11.5 Å². The van der Waals surface area contributed by atoms with E-state index in [2.05, 4.69) is 4.98 Å². The van der Waals surface area contributed by atoms with Gasteiger partial charge in [-0.2, -0.15) is 4.57 Å². The third-order valence-electron chi connectivity index (χ3n) is 5.80. The van der Waals surface area contributed by atoms with Crippen LogP contribution >= 0.6 is 22.9 Å². The molecule has 1 aliphatic heterocycles. The van der Waals surface area contributed by atoms with Gasteiger partial charge < -0.3 is 9.84 Å². The number of anilines is 1. The molecule has 9 heteroatoms. The van der Waals surface area contributed by atoms with Gasteiger partial charge in [-0.3, -0.25) is 4.90 Å². The van der Waals surface area contributed by atoms with Crippen LogP contribution in [0, 0.1) is 0 Å². The maximum Gasteiger partial charge on any atom is 0.365 e. The molecule has 0 spiro atoms. The summed E-state index contributed by atoms with van der Waals surface area (Å²) in [6.07, 6.45) is 1.71. The number of aromatic hydroxyl groups is 1. The van der Waals surface area contributed by atoms with E-state index in [4.69, 9.17) is 16.3 Å². The number of hydrogen-bond acceptors (Lipinski definition) is 6. The van der Waals surface area contributed by atoms with E-state index < -0.39 is 0 Å². The molecule has 0 saturated carbocycles. The lowest BCUT2D eigenvalue weighted by Crippen LogP contribution is -2.41. The topological polar surface area (TPSA) is 71.5 Å². The van der Waals surface area contributed by atoms with Crippen LogP contribution in [0.5, 0.6) is 11.6 Å². The Morgan fingerprint density at radius 1 is 1.21 bits per heavy atom. The van der Waals surface area contributed by atoms with Gasteiger partial charge in [0.25, 0.3) is 5.88 Å². The minimum absolute atomic E-state index is 0.0842. The second kappa shape index (κ2) is 8.53. The first-order valence-electron chi connectivity index (χ1n) is 10.4. The number of benzene rings is 2. The molecule has 33 heavy (non-hydrogen) atoms. The molecule has 4 aromatic rings. The molecule has 1 N–H and O–H groups in total. The normalized spacial score (nSPS) is 15.0. The van der Waals surface area contributed by atoms with Crippen LogP contribution in [0.4, 0.5) is 5.95 Å². The first kappa shape index (κ1) is 21.5. The highest BCUT2D eigenvalue weighted by Gasteiger charge is 2.41. The molecule has 1 unspecified atom stereocenters. The van der Waals surface area contributed by atoms with Crippen molar-refractivity contribution in [2.75, 3.05) is 18.5 Å². The molecule has 0 aliphatic carbocycles. The van der Waals surface area contributed by atoms with E-state index in [9.17, 15) is 9.90 Å². The Morgan fingerprint density at radius 3 is 2.61 bits per heavy atom. The predicted octanol–water partition coefficient (Wildman–Crippen LogP) is 3.77. The third-order valence-corrected chi connectivity index (χ3v) is 7.02. The van der Waals surface area contributed by atoms with Gasteiger partial charge in [-0.1, -0.05) is 54.1 Å².